The van der Waals surface area contributed by atoms with Crippen molar-refractivity contribution in [3.63, 3.8) is 0 Å². The van der Waals surface area contributed by atoms with Gasteiger partial charge in [-0.25, -0.2) is 4.39 Å². The first kappa shape index (κ1) is 13.3. The van der Waals surface area contributed by atoms with Crippen molar-refractivity contribution in [2.45, 2.75) is 38.6 Å². The molecular formula is C15H22FNO. The Morgan fingerprint density at radius 2 is 2.06 bits per heavy atom. The molecule has 3 heteroatoms. The number of hydrogen-bond donors (Lipinski definition) is 1. The summed E-state index contributed by atoms with van der Waals surface area (Å²) in [5, 5.41) is 0. The van der Waals surface area contributed by atoms with Gasteiger partial charge in [-0.1, -0.05) is 26.0 Å². The van der Waals surface area contributed by atoms with Gasteiger partial charge in [0.25, 0.3) is 0 Å². The van der Waals surface area contributed by atoms with Gasteiger partial charge in [0, 0.05) is 11.1 Å². The minimum absolute atomic E-state index is 0.281. The lowest BCUT2D eigenvalue weighted by molar-refractivity contribution is 0.172. The Labute approximate surface area is 108 Å². The van der Waals surface area contributed by atoms with Crippen molar-refractivity contribution >= 4 is 0 Å². The predicted octanol–water partition coefficient (Wildman–Crippen LogP) is 3.44. The van der Waals surface area contributed by atoms with Crippen LogP contribution in [0.2, 0.25) is 0 Å². The van der Waals surface area contributed by atoms with E-state index in [0.717, 1.165) is 19.3 Å². The maximum Gasteiger partial charge on any atom is 0.170 e. The third-order valence-corrected chi connectivity index (χ3v) is 4.42. The fourth-order valence-electron chi connectivity index (χ4n) is 2.95. The summed E-state index contributed by atoms with van der Waals surface area (Å²) < 4.78 is 19.4. The number of hydrogen-bond acceptors (Lipinski definition) is 2. The molecule has 3 atom stereocenters. The Morgan fingerprint density at radius 1 is 1.33 bits per heavy atom. The Balaban J connectivity index is 2.36. The zero-order chi connectivity index (χ0) is 13.3. The van der Waals surface area contributed by atoms with Gasteiger partial charge in [0.1, 0.15) is 0 Å². The van der Waals surface area contributed by atoms with Crippen molar-refractivity contribution in [2.24, 2.45) is 17.6 Å². The first-order chi connectivity index (χ1) is 8.48. The van der Waals surface area contributed by atoms with Gasteiger partial charge in [-0.05, 0) is 37.2 Å². The summed E-state index contributed by atoms with van der Waals surface area (Å²) in [4.78, 5) is 0. The van der Waals surface area contributed by atoms with Crippen LogP contribution in [0.4, 0.5) is 4.39 Å². The highest BCUT2D eigenvalue weighted by atomic mass is 19.1. The molecule has 2 rings (SSSR count). The molecule has 0 aliphatic heterocycles. The summed E-state index contributed by atoms with van der Waals surface area (Å²) in [6.07, 6.45) is 2.72. The van der Waals surface area contributed by atoms with Crippen LogP contribution in [0.3, 0.4) is 0 Å². The Bertz CT molecular complexity index is 435. The van der Waals surface area contributed by atoms with E-state index in [9.17, 15) is 4.39 Å². The molecule has 0 spiro atoms. The first-order valence-corrected chi connectivity index (χ1v) is 6.60. The number of halogens is 1. The van der Waals surface area contributed by atoms with Gasteiger partial charge in [-0.15, -0.1) is 0 Å². The van der Waals surface area contributed by atoms with Crippen LogP contribution in [0.5, 0.6) is 5.75 Å². The fourth-order valence-corrected chi connectivity index (χ4v) is 2.95. The number of ether oxygens (including phenoxy) is 1. The maximum atomic E-state index is 14.3. The molecule has 100 valence electrons. The second-order valence-corrected chi connectivity index (χ2v) is 5.68. The van der Waals surface area contributed by atoms with Gasteiger partial charge in [-0.2, -0.15) is 0 Å². The number of nitrogens with two attached hydrogens (primary N) is 1. The van der Waals surface area contributed by atoms with Gasteiger partial charge in [-0.3, -0.25) is 0 Å². The monoisotopic (exact) mass is 251 g/mol. The fraction of sp³-hybridized carbons (Fsp3) is 0.600. The molecule has 1 fully saturated rings. The molecule has 0 saturated heterocycles. The van der Waals surface area contributed by atoms with E-state index in [-0.39, 0.29) is 11.6 Å². The summed E-state index contributed by atoms with van der Waals surface area (Å²) in [5.41, 5.74) is 6.51. The quantitative estimate of drug-likeness (QED) is 0.873. The average Bonchev–Trinajstić information content (AvgIpc) is 2.34. The van der Waals surface area contributed by atoms with Crippen molar-refractivity contribution in [3.8, 4) is 5.75 Å². The van der Waals surface area contributed by atoms with Crippen LogP contribution >= 0.6 is 0 Å². The lowest BCUT2D eigenvalue weighted by Gasteiger charge is -2.40. The molecule has 1 aliphatic carbocycles. The largest absolute Gasteiger partial charge is 0.494 e. The van der Waals surface area contributed by atoms with Crippen molar-refractivity contribution in [3.05, 3.63) is 29.6 Å². The highest BCUT2D eigenvalue weighted by molar-refractivity contribution is 5.36. The number of methoxy groups -OCH3 is 1. The minimum atomic E-state index is -0.551. The lowest BCUT2D eigenvalue weighted by Crippen LogP contribution is -2.43. The van der Waals surface area contributed by atoms with E-state index in [1.807, 2.05) is 6.07 Å². The molecule has 0 aromatic heterocycles. The topological polar surface area (TPSA) is 35.2 Å². The van der Waals surface area contributed by atoms with E-state index >= 15 is 0 Å². The van der Waals surface area contributed by atoms with Crippen molar-refractivity contribution in [1.82, 2.24) is 0 Å². The molecular weight excluding hydrogens is 229 g/mol. The molecule has 0 bridgehead atoms. The second kappa shape index (κ2) is 4.88. The highest BCUT2D eigenvalue weighted by Gasteiger charge is 2.38. The molecule has 0 amide bonds. The van der Waals surface area contributed by atoms with Gasteiger partial charge < -0.3 is 10.5 Å². The third kappa shape index (κ3) is 2.24. The number of rotatable bonds is 2. The van der Waals surface area contributed by atoms with Crippen LogP contribution in [0.25, 0.3) is 0 Å². The Morgan fingerprint density at radius 3 is 2.67 bits per heavy atom. The zero-order valence-electron chi connectivity index (χ0n) is 11.4. The second-order valence-electron chi connectivity index (χ2n) is 5.68. The molecule has 2 N–H and O–H groups in total. The summed E-state index contributed by atoms with van der Waals surface area (Å²) >= 11 is 0. The van der Waals surface area contributed by atoms with Crippen LogP contribution in [-0.2, 0) is 5.54 Å². The van der Waals surface area contributed by atoms with E-state index in [4.69, 9.17) is 10.5 Å². The zero-order valence-corrected chi connectivity index (χ0v) is 11.4. The summed E-state index contributed by atoms with van der Waals surface area (Å²) in [5.74, 6) is 1.16. The van der Waals surface area contributed by atoms with E-state index in [1.54, 1.807) is 12.1 Å². The minimum Gasteiger partial charge on any atom is -0.494 e. The smallest absolute Gasteiger partial charge is 0.170 e. The van der Waals surface area contributed by atoms with Crippen LogP contribution in [0, 0.1) is 17.7 Å². The molecule has 0 heterocycles. The van der Waals surface area contributed by atoms with Crippen LogP contribution in [-0.4, -0.2) is 7.11 Å². The van der Waals surface area contributed by atoms with E-state index < -0.39 is 5.54 Å². The molecule has 1 saturated carbocycles. The van der Waals surface area contributed by atoms with Crippen molar-refractivity contribution in [1.29, 1.82) is 0 Å². The molecule has 0 radical (unpaired) electrons. The molecule has 18 heavy (non-hydrogen) atoms. The molecule has 3 unspecified atom stereocenters. The van der Waals surface area contributed by atoms with Crippen molar-refractivity contribution in [2.75, 3.05) is 7.11 Å². The molecule has 2 nitrogen and oxygen atoms in total. The van der Waals surface area contributed by atoms with E-state index in [0.29, 0.717) is 17.4 Å². The standard InChI is InChI=1S/C15H22FNO/c1-10-7-8-15(17,9-11(10)2)12-5-4-6-13(18-3)14(12)16/h4-6,10-11H,7-9,17H2,1-3H3. The van der Waals surface area contributed by atoms with Gasteiger partial charge in [0.05, 0.1) is 7.11 Å². The van der Waals surface area contributed by atoms with Crippen LogP contribution in [0.15, 0.2) is 18.2 Å². The van der Waals surface area contributed by atoms with Crippen LogP contribution < -0.4 is 10.5 Å². The van der Waals surface area contributed by atoms with Gasteiger partial charge >= 0.3 is 0 Å². The normalized spacial score (nSPS) is 32.3. The lowest BCUT2D eigenvalue weighted by atomic mass is 9.69. The average molecular weight is 251 g/mol. The van der Waals surface area contributed by atoms with Gasteiger partial charge in [0.2, 0.25) is 0 Å². The summed E-state index contributed by atoms with van der Waals surface area (Å²) in [7, 11) is 1.48. The van der Waals surface area contributed by atoms with Crippen LogP contribution in [0.1, 0.15) is 38.7 Å². The SMILES string of the molecule is COc1cccc(C2(N)CCC(C)C(C)C2)c1F. The molecule has 1 aromatic carbocycles. The predicted molar refractivity (Wildman–Crippen MR) is 71.0 cm³/mol. The van der Waals surface area contributed by atoms with E-state index in [2.05, 4.69) is 13.8 Å². The summed E-state index contributed by atoms with van der Waals surface area (Å²) in [6, 6.07) is 5.24. The third-order valence-electron chi connectivity index (χ3n) is 4.42. The number of benzene rings is 1. The Kier molecular flexibility index (Phi) is 3.62. The molecule has 1 aliphatic rings. The Hall–Kier alpha value is -1.09. The summed E-state index contributed by atoms with van der Waals surface area (Å²) in [6.45, 7) is 4.44. The van der Waals surface area contributed by atoms with E-state index in [1.165, 1.54) is 7.11 Å². The highest BCUT2D eigenvalue weighted by Crippen LogP contribution is 2.42. The first-order valence-electron chi connectivity index (χ1n) is 6.60. The van der Waals surface area contributed by atoms with Crippen molar-refractivity contribution < 1.29 is 9.13 Å². The maximum absolute atomic E-state index is 14.3. The van der Waals surface area contributed by atoms with Gasteiger partial charge in [0.15, 0.2) is 11.6 Å². The molecule has 1 aromatic rings.